The Bertz CT molecular complexity index is 470. The van der Waals surface area contributed by atoms with Crippen molar-refractivity contribution in [3.63, 3.8) is 0 Å². The lowest BCUT2D eigenvalue weighted by Gasteiger charge is -2.10. The van der Waals surface area contributed by atoms with Crippen molar-refractivity contribution in [3.05, 3.63) is 18.2 Å². The maximum atomic E-state index is 11.3. The van der Waals surface area contributed by atoms with Crippen LogP contribution in [0.15, 0.2) is 18.2 Å². The van der Waals surface area contributed by atoms with E-state index in [2.05, 4.69) is 0 Å². The number of ether oxygens (including phenoxy) is 2. The van der Waals surface area contributed by atoms with E-state index in [1.54, 1.807) is 25.1 Å². The average molecular weight is 259 g/mol. The number of nitrogen functional groups attached to an aromatic ring is 1. The van der Waals surface area contributed by atoms with E-state index >= 15 is 0 Å². The number of hydrogen-bond donors (Lipinski definition) is 1. The number of benzene rings is 1. The first kappa shape index (κ1) is 13.6. The minimum Gasteiger partial charge on any atom is -0.497 e. The standard InChI is InChI=1S/C11H17NO4S/c1-3-17(13,14)7-6-16-11-8-9(15-2)4-5-10(11)12/h4-5,8H,3,6-7,12H2,1-2H3. The summed E-state index contributed by atoms with van der Waals surface area (Å²) < 4.78 is 32.9. The predicted octanol–water partition coefficient (Wildman–Crippen LogP) is 1.09. The molecule has 0 aliphatic rings. The van der Waals surface area contributed by atoms with Gasteiger partial charge in [0.15, 0.2) is 9.84 Å². The van der Waals surface area contributed by atoms with Gasteiger partial charge in [-0.05, 0) is 12.1 Å². The number of hydrogen-bond acceptors (Lipinski definition) is 5. The zero-order valence-corrected chi connectivity index (χ0v) is 10.8. The van der Waals surface area contributed by atoms with Crippen molar-refractivity contribution in [1.29, 1.82) is 0 Å². The van der Waals surface area contributed by atoms with Crippen LogP contribution in [0.3, 0.4) is 0 Å². The second kappa shape index (κ2) is 5.77. The normalized spacial score (nSPS) is 11.2. The summed E-state index contributed by atoms with van der Waals surface area (Å²) in [6, 6.07) is 5.00. The molecule has 0 saturated heterocycles. The van der Waals surface area contributed by atoms with Crippen LogP contribution in [0.1, 0.15) is 6.92 Å². The summed E-state index contributed by atoms with van der Waals surface area (Å²) in [7, 11) is -1.48. The van der Waals surface area contributed by atoms with Crippen molar-refractivity contribution in [2.45, 2.75) is 6.92 Å². The average Bonchev–Trinajstić information content (AvgIpc) is 2.31. The number of nitrogens with two attached hydrogens (primary N) is 1. The third-order valence-electron chi connectivity index (χ3n) is 2.31. The Labute approximate surface area is 101 Å². The summed E-state index contributed by atoms with van der Waals surface area (Å²) in [5, 5.41) is 0. The summed E-state index contributed by atoms with van der Waals surface area (Å²) >= 11 is 0. The Hall–Kier alpha value is -1.43. The minimum atomic E-state index is -3.02. The molecule has 5 nitrogen and oxygen atoms in total. The maximum Gasteiger partial charge on any atom is 0.153 e. The molecule has 0 aliphatic carbocycles. The van der Waals surface area contributed by atoms with Gasteiger partial charge in [-0.15, -0.1) is 0 Å². The third kappa shape index (κ3) is 4.14. The van der Waals surface area contributed by atoms with Crippen LogP contribution in [-0.2, 0) is 9.84 Å². The molecule has 0 fully saturated rings. The van der Waals surface area contributed by atoms with Gasteiger partial charge in [-0.2, -0.15) is 0 Å². The second-order valence-electron chi connectivity index (χ2n) is 3.49. The van der Waals surface area contributed by atoms with Crippen molar-refractivity contribution in [3.8, 4) is 11.5 Å². The molecule has 6 heteroatoms. The molecule has 0 amide bonds. The quantitative estimate of drug-likeness (QED) is 0.774. The Morgan fingerprint density at radius 3 is 2.65 bits per heavy atom. The Balaban J connectivity index is 2.63. The first-order chi connectivity index (χ1) is 7.98. The fourth-order valence-corrected chi connectivity index (χ4v) is 1.82. The number of anilines is 1. The van der Waals surface area contributed by atoms with E-state index in [9.17, 15) is 8.42 Å². The highest BCUT2D eigenvalue weighted by molar-refractivity contribution is 7.91. The molecule has 0 bridgehead atoms. The van der Waals surface area contributed by atoms with Gasteiger partial charge in [-0.3, -0.25) is 0 Å². The van der Waals surface area contributed by atoms with E-state index in [0.717, 1.165) is 0 Å². The fraction of sp³-hybridized carbons (Fsp3) is 0.455. The van der Waals surface area contributed by atoms with E-state index in [4.69, 9.17) is 15.2 Å². The smallest absolute Gasteiger partial charge is 0.153 e. The van der Waals surface area contributed by atoms with Crippen molar-refractivity contribution in [2.75, 3.05) is 31.0 Å². The zero-order valence-electron chi connectivity index (χ0n) is 9.97. The molecule has 0 heterocycles. The maximum absolute atomic E-state index is 11.3. The van der Waals surface area contributed by atoms with Gasteiger partial charge < -0.3 is 15.2 Å². The van der Waals surface area contributed by atoms with Crippen molar-refractivity contribution in [2.24, 2.45) is 0 Å². The van der Waals surface area contributed by atoms with Gasteiger partial charge in [0.1, 0.15) is 18.1 Å². The van der Waals surface area contributed by atoms with Gasteiger partial charge in [0.05, 0.1) is 18.6 Å². The summed E-state index contributed by atoms with van der Waals surface area (Å²) in [5.41, 5.74) is 6.15. The highest BCUT2D eigenvalue weighted by Gasteiger charge is 2.09. The van der Waals surface area contributed by atoms with Gasteiger partial charge in [-0.25, -0.2) is 8.42 Å². The molecule has 0 unspecified atom stereocenters. The van der Waals surface area contributed by atoms with Crippen molar-refractivity contribution in [1.82, 2.24) is 0 Å². The van der Waals surface area contributed by atoms with E-state index in [-0.39, 0.29) is 18.1 Å². The predicted molar refractivity (Wildman–Crippen MR) is 67.2 cm³/mol. The van der Waals surface area contributed by atoms with Crippen LogP contribution < -0.4 is 15.2 Å². The van der Waals surface area contributed by atoms with Crippen LogP contribution in [0.5, 0.6) is 11.5 Å². The Morgan fingerprint density at radius 2 is 2.06 bits per heavy atom. The van der Waals surface area contributed by atoms with Crippen LogP contribution >= 0.6 is 0 Å². The summed E-state index contributed by atoms with van der Waals surface area (Å²) in [6.45, 7) is 1.70. The molecule has 96 valence electrons. The van der Waals surface area contributed by atoms with Crippen LogP contribution in [0.4, 0.5) is 5.69 Å². The molecule has 0 aliphatic heterocycles. The lowest BCUT2D eigenvalue weighted by atomic mass is 10.3. The van der Waals surface area contributed by atoms with Gasteiger partial charge in [0.2, 0.25) is 0 Å². The molecular weight excluding hydrogens is 242 g/mol. The number of rotatable bonds is 6. The lowest BCUT2D eigenvalue weighted by molar-refractivity contribution is 0.338. The highest BCUT2D eigenvalue weighted by Crippen LogP contribution is 2.26. The first-order valence-corrected chi connectivity index (χ1v) is 7.07. The number of sulfone groups is 1. The van der Waals surface area contributed by atoms with Crippen molar-refractivity contribution < 1.29 is 17.9 Å². The summed E-state index contributed by atoms with van der Waals surface area (Å²) in [5.74, 6) is 1.16. The molecule has 0 spiro atoms. The van der Waals surface area contributed by atoms with Crippen LogP contribution in [0, 0.1) is 0 Å². The van der Waals surface area contributed by atoms with Crippen molar-refractivity contribution >= 4 is 15.5 Å². The third-order valence-corrected chi connectivity index (χ3v) is 3.98. The first-order valence-electron chi connectivity index (χ1n) is 5.25. The minimum absolute atomic E-state index is 0.0137. The molecule has 1 aromatic rings. The van der Waals surface area contributed by atoms with E-state index in [1.165, 1.54) is 7.11 Å². The molecule has 0 radical (unpaired) electrons. The molecule has 1 rings (SSSR count). The highest BCUT2D eigenvalue weighted by atomic mass is 32.2. The van der Waals surface area contributed by atoms with Crippen LogP contribution in [-0.4, -0.2) is 33.6 Å². The Kier molecular flexibility index (Phi) is 4.62. The second-order valence-corrected chi connectivity index (χ2v) is 5.96. The SMILES string of the molecule is CCS(=O)(=O)CCOc1cc(OC)ccc1N. The fourth-order valence-electron chi connectivity index (χ4n) is 1.19. The molecule has 0 aromatic heterocycles. The molecule has 1 aromatic carbocycles. The monoisotopic (exact) mass is 259 g/mol. The molecule has 17 heavy (non-hydrogen) atoms. The van der Waals surface area contributed by atoms with Gasteiger partial charge in [0, 0.05) is 11.8 Å². The largest absolute Gasteiger partial charge is 0.497 e. The molecule has 0 saturated carbocycles. The summed E-state index contributed by atoms with van der Waals surface area (Å²) in [4.78, 5) is 0. The lowest BCUT2D eigenvalue weighted by Crippen LogP contribution is -2.16. The van der Waals surface area contributed by atoms with E-state index in [1.807, 2.05) is 0 Å². The van der Waals surface area contributed by atoms with Crippen LogP contribution in [0.2, 0.25) is 0 Å². The van der Waals surface area contributed by atoms with E-state index < -0.39 is 9.84 Å². The van der Waals surface area contributed by atoms with Crippen LogP contribution in [0.25, 0.3) is 0 Å². The number of methoxy groups -OCH3 is 1. The molecular formula is C11H17NO4S. The summed E-state index contributed by atoms with van der Waals surface area (Å²) in [6.07, 6.45) is 0. The zero-order chi connectivity index (χ0) is 12.9. The topological polar surface area (TPSA) is 78.6 Å². The Morgan fingerprint density at radius 1 is 1.35 bits per heavy atom. The van der Waals surface area contributed by atoms with Gasteiger partial charge in [-0.1, -0.05) is 6.92 Å². The molecule has 2 N–H and O–H groups in total. The van der Waals surface area contributed by atoms with E-state index in [0.29, 0.717) is 17.2 Å². The van der Waals surface area contributed by atoms with Gasteiger partial charge >= 0.3 is 0 Å². The van der Waals surface area contributed by atoms with Gasteiger partial charge in [0.25, 0.3) is 0 Å². The molecule has 0 atom stereocenters.